The molecule has 0 bridgehead atoms. The first kappa shape index (κ1) is 14.9. The van der Waals surface area contributed by atoms with E-state index in [2.05, 4.69) is 0 Å². The van der Waals surface area contributed by atoms with Crippen molar-refractivity contribution in [1.82, 2.24) is 4.90 Å². The molecule has 0 aromatic heterocycles. The molecule has 5 nitrogen and oxygen atoms in total. The van der Waals surface area contributed by atoms with Crippen LogP contribution in [0.3, 0.4) is 0 Å². The van der Waals surface area contributed by atoms with Gasteiger partial charge >= 0.3 is 0 Å². The lowest BCUT2D eigenvalue weighted by Gasteiger charge is -2.24. The van der Waals surface area contributed by atoms with Crippen molar-refractivity contribution in [1.29, 1.82) is 0 Å². The van der Waals surface area contributed by atoms with Gasteiger partial charge in [-0.25, -0.2) is 17.9 Å². The van der Waals surface area contributed by atoms with Crippen LogP contribution in [0, 0.1) is 5.82 Å². The van der Waals surface area contributed by atoms with E-state index >= 15 is 0 Å². The molecule has 1 aromatic carbocycles. The minimum absolute atomic E-state index is 0.125. The smallest absolute Gasteiger partial charge is 0.256 e. The first-order valence-corrected chi connectivity index (χ1v) is 7.95. The summed E-state index contributed by atoms with van der Waals surface area (Å²) in [5, 5.41) is 4.92. The van der Waals surface area contributed by atoms with Gasteiger partial charge in [0, 0.05) is 13.1 Å². The maximum atomic E-state index is 13.9. The van der Waals surface area contributed by atoms with Crippen LogP contribution in [0.4, 0.5) is 4.39 Å². The van der Waals surface area contributed by atoms with Gasteiger partial charge in [0.15, 0.2) is 0 Å². The summed E-state index contributed by atoms with van der Waals surface area (Å²) in [6, 6.07) is 3.22. The summed E-state index contributed by atoms with van der Waals surface area (Å²) >= 11 is 0. The molecule has 2 N–H and O–H groups in total. The minimum Gasteiger partial charge on any atom is -0.339 e. The number of amides is 1. The molecule has 0 unspecified atom stereocenters. The fourth-order valence-electron chi connectivity index (χ4n) is 2.49. The number of benzene rings is 1. The van der Waals surface area contributed by atoms with Crippen LogP contribution in [0.25, 0.3) is 0 Å². The third kappa shape index (κ3) is 2.99. The van der Waals surface area contributed by atoms with Crippen molar-refractivity contribution in [3.8, 4) is 0 Å². The molecular weight excluding hydrogens is 283 g/mol. The molecule has 1 saturated carbocycles. The van der Waals surface area contributed by atoms with E-state index in [9.17, 15) is 17.6 Å². The fraction of sp³-hybridized carbons (Fsp3) is 0.462. The third-order valence-corrected chi connectivity index (χ3v) is 4.60. The predicted molar refractivity (Wildman–Crippen MR) is 72.1 cm³/mol. The Bertz CT molecular complexity index is 625. The molecule has 0 heterocycles. The van der Waals surface area contributed by atoms with Crippen molar-refractivity contribution in [3.05, 3.63) is 29.6 Å². The lowest BCUT2D eigenvalue weighted by Crippen LogP contribution is -2.35. The molecular formula is C13H17FN2O3S. The molecule has 0 saturated heterocycles. The Morgan fingerprint density at radius 2 is 1.95 bits per heavy atom. The van der Waals surface area contributed by atoms with Crippen molar-refractivity contribution in [2.24, 2.45) is 5.14 Å². The van der Waals surface area contributed by atoms with E-state index in [-0.39, 0.29) is 16.5 Å². The standard InChI is InChI=1S/C13H17FN2O3S/c1-16(9-4-2-3-5-9)13(17)11-7-6-10(8-12(11)14)20(15,18)19/h6-9H,2-5H2,1H3,(H2,15,18,19). The average molecular weight is 300 g/mol. The van der Waals surface area contributed by atoms with Gasteiger partial charge in [-0.1, -0.05) is 12.8 Å². The molecule has 2 rings (SSSR count). The van der Waals surface area contributed by atoms with Gasteiger partial charge in [-0.3, -0.25) is 4.79 Å². The van der Waals surface area contributed by atoms with Crippen molar-refractivity contribution in [2.45, 2.75) is 36.6 Å². The second kappa shape index (κ2) is 5.49. The van der Waals surface area contributed by atoms with E-state index in [0.29, 0.717) is 0 Å². The number of nitrogens with zero attached hydrogens (tertiary/aromatic N) is 1. The lowest BCUT2D eigenvalue weighted by atomic mass is 10.1. The van der Waals surface area contributed by atoms with Crippen LogP contribution in [0.5, 0.6) is 0 Å². The number of nitrogens with two attached hydrogens (primary N) is 1. The zero-order valence-corrected chi connectivity index (χ0v) is 12.0. The normalized spacial score (nSPS) is 16.4. The molecule has 20 heavy (non-hydrogen) atoms. The van der Waals surface area contributed by atoms with Gasteiger partial charge < -0.3 is 4.90 Å². The van der Waals surface area contributed by atoms with Gasteiger partial charge in [0.2, 0.25) is 10.0 Å². The second-order valence-electron chi connectivity index (χ2n) is 5.04. The molecule has 1 fully saturated rings. The van der Waals surface area contributed by atoms with Gasteiger partial charge in [0.1, 0.15) is 5.82 Å². The minimum atomic E-state index is -3.97. The number of sulfonamides is 1. The monoisotopic (exact) mass is 300 g/mol. The molecule has 0 spiro atoms. The summed E-state index contributed by atoms with van der Waals surface area (Å²) in [4.78, 5) is 13.4. The highest BCUT2D eigenvalue weighted by molar-refractivity contribution is 7.89. The van der Waals surface area contributed by atoms with E-state index < -0.39 is 21.7 Å². The van der Waals surface area contributed by atoms with Crippen LogP contribution < -0.4 is 5.14 Å². The molecule has 110 valence electrons. The van der Waals surface area contributed by atoms with Crippen LogP contribution in [0.2, 0.25) is 0 Å². The summed E-state index contributed by atoms with van der Waals surface area (Å²) in [7, 11) is -2.32. The van der Waals surface area contributed by atoms with Gasteiger partial charge in [-0.05, 0) is 31.0 Å². The van der Waals surface area contributed by atoms with E-state index in [1.807, 2.05) is 0 Å². The highest BCUT2D eigenvalue weighted by Crippen LogP contribution is 2.24. The van der Waals surface area contributed by atoms with E-state index in [1.165, 1.54) is 11.0 Å². The van der Waals surface area contributed by atoms with Crippen molar-refractivity contribution >= 4 is 15.9 Å². The summed E-state index contributed by atoms with van der Waals surface area (Å²) < 4.78 is 36.2. The number of carbonyl (C=O) groups excluding carboxylic acids is 1. The Kier molecular flexibility index (Phi) is 4.10. The maximum absolute atomic E-state index is 13.9. The fourth-order valence-corrected chi connectivity index (χ4v) is 3.02. The number of halogens is 1. The highest BCUT2D eigenvalue weighted by atomic mass is 32.2. The van der Waals surface area contributed by atoms with E-state index in [4.69, 9.17) is 5.14 Å². The van der Waals surface area contributed by atoms with E-state index in [1.54, 1.807) is 7.05 Å². The highest BCUT2D eigenvalue weighted by Gasteiger charge is 2.26. The first-order valence-electron chi connectivity index (χ1n) is 6.40. The molecule has 1 aliphatic carbocycles. The molecule has 1 aromatic rings. The van der Waals surface area contributed by atoms with Gasteiger partial charge in [0.25, 0.3) is 5.91 Å². The number of primary sulfonamides is 1. The Labute approximate surface area is 117 Å². The lowest BCUT2D eigenvalue weighted by molar-refractivity contribution is 0.0730. The zero-order chi connectivity index (χ0) is 14.9. The molecule has 1 amide bonds. The van der Waals surface area contributed by atoms with Crippen LogP contribution in [0.15, 0.2) is 23.1 Å². The average Bonchev–Trinajstić information content (AvgIpc) is 2.89. The Morgan fingerprint density at radius 1 is 1.35 bits per heavy atom. The van der Waals surface area contributed by atoms with Crippen LogP contribution in [-0.4, -0.2) is 32.3 Å². The molecule has 0 radical (unpaired) electrons. The molecule has 0 aliphatic heterocycles. The summed E-state index contributed by atoms with van der Waals surface area (Å²) in [6.07, 6.45) is 3.96. The van der Waals surface area contributed by atoms with Gasteiger partial charge in [0.05, 0.1) is 10.5 Å². The number of hydrogen-bond acceptors (Lipinski definition) is 3. The van der Waals surface area contributed by atoms with Crippen molar-refractivity contribution in [3.63, 3.8) is 0 Å². The SMILES string of the molecule is CN(C(=O)c1ccc(S(N)(=O)=O)cc1F)C1CCCC1. The van der Waals surface area contributed by atoms with E-state index in [0.717, 1.165) is 37.8 Å². The Morgan fingerprint density at radius 3 is 2.45 bits per heavy atom. The predicted octanol–water partition coefficient (Wildman–Crippen LogP) is 1.49. The second-order valence-corrected chi connectivity index (χ2v) is 6.60. The van der Waals surface area contributed by atoms with Crippen molar-refractivity contribution in [2.75, 3.05) is 7.05 Å². The van der Waals surface area contributed by atoms with Crippen LogP contribution in [-0.2, 0) is 10.0 Å². The number of carbonyl (C=O) groups is 1. The van der Waals surface area contributed by atoms with Gasteiger partial charge in [-0.15, -0.1) is 0 Å². The largest absolute Gasteiger partial charge is 0.339 e. The van der Waals surface area contributed by atoms with Crippen LogP contribution in [0.1, 0.15) is 36.0 Å². The number of rotatable bonds is 3. The van der Waals surface area contributed by atoms with Gasteiger partial charge in [-0.2, -0.15) is 0 Å². The molecule has 0 atom stereocenters. The summed E-state index contributed by atoms with van der Waals surface area (Å²) in [5.41, 5.74) is -0.133. The van der Waals surface area contributed by atoms with Crippen molar-refractivity contribution < 1.29 is 17.6 Å². The third-order valence-electron chi connectivity index (χ3n) is 3.69. The first-order chi connectivity index (χ1) is 9.30. The molecule has 7 heteroatoms. The quantitative estimate of drug-likeness (QED) is 0.918. The molecule has 1 aliphatic rings. The Hall–Kier alpha value is -1.47. The topological polar surface area (TPSA) is 80.5 Å². The Balaban J connectivity index is 2.26. The summed E-state index contributed by atoms with van der Waals surface area (Å²) in [5.74, 6) is -1.30. The number of hydrogen-bond donors (Lipinski definition) is 1. The zero-order valence-electron chi connectivity index (χ0n) is 11.2. The summed E-state index contributed by atoms with van der Waals surface area (Å²) in [6.45, 7) is 0. The maximum Gasteiger partial charge on any atom is 0.256 e. The van der Waals surface area contributed by atoms with Crippen LogP contribution >= 0.6 is 0 Å².